The number of hydrogen-bond acceptors (Lipinski definition) is 4. The Morgan fingerprint density at radius 2 is 1.96 bits per heavy atom. The van der Waals surface area contributed by atoms with Crippen molar-refractivity contribution in [2.75, 3.05) is 13.1 Å². The van der Waals surface area contributed by atoms with Crippen LogP contribution in [0.3, 0.4) is 0 Å². The van der Waals surface area contributed by atoms with Crippen molar-refractivity contribution in [2.45, 2.75) is 32.2 Å². The van der Waals surface area contributed by atoms with Crippen LogP contribution in [0.5, 0.6) is 0 Å². The first kappa shape index (κ1) is 17.6. The lowest BCUT2D eigenvalue weighted by Crippen LogP contribution is -2.42. The first-order valence-corrected chi connectivity index (χ1v) is 9.61. The van der Waals surface area contributed by atoms with Gasteiger partial charge in [0.15, 0.2) is 0 Å². The van der Waals surface area contributed by atoms with Crippen molar-refractivity contribution in [1.29, 1.82) is 0 Å². The van der Waals surface area contributed by atoms with E-state index >= 15 is 0 Å². The van der Waals surface area contributed by atoms with Crippen molar-refractivity contribution in [3.8, 4) is 11.3 Å². The average molecular weight is 364 g/mol. The number of nitrogens with zero attached hydrogens (tertiary/aromatic N) is 4. The molecule has 27 heavy (non-hydrogen) atoms. The Hall–Kier alpha value is -2.76. The molecule has 0 radical (unpaired) electrons. The molecule has 0 unspecified atom stereocenters. The SMILES string of the molecule is O=C(C1CC=CC1)N1CCC(Cn2cnc(-c3cccnc3)cc2=O)CC1. The Labute approximate surface area is 158 Å². The summed E-state index contributed by atoms with van der Waals surface area (Å²) in [6.07, 6.45) is 12.9. The minimum Gasteiger partial charge on any atom is -0.342 e. The predicted octanol–water partition coefficient (Wildman–Crippen LogP) is 2.51. The molecule has 2 aromatic rings. The standard InChI is InChI=1S/C21H24N4O2/c26-20-12-19(18-6-3-9-22-13-18)23-15-25(20)14-16-7-10-24(11-8-16)21(27)17-4-1-2-5-17/h1-3,6,9,12-13,15-17H,4-5,7-8,10-11,14H2. The molecule has 140 valence electrons. The van der Waals surface area contributed by atoms with E-state index in [1.165, 1.54) is 0 Å². The Balaban J connectivity index is 1.35. The van der Waals surface area contributed by atoms with E-state index in [4.69, 9.17) is 0 Å². The van der Waals surface area contributed by atoms with Crippen molar-refractivity contribution in [1.82, 2.24) is 19.4 Å². The maximum Gasteiger partial charge on any atom is 0.253 e. The van der Waals surface area contributed by atoms with Gasteiger partial charge in [0.05, 0.1) is 12.0 Å². The highest BCUT2D eigenvalue weighted by Crippen LogP contribution is 2.25. The summed E-state index contributed by atoms with van der Waals surface area (Å²) in [4.78, 5) is 35.5. The lowest BCUT2D eigenvalue weighted by molar-refractivity contribution is -0.136. The molecule has 1 saturated heterocycles. The fraction of sp³-hybridized carbons (Fsp3) is 0.429. The quantitative estimate of drug-likeness (QED) is 0.782. The van der Waals surface area contributed by atoms with Gasteiger partial charge in [-0.3, -0.25) is 19.1 Å². The van der Waals surface area contributed by atoms with Crippen molar-refractivity contribution < 1.29 is 4.79 Å². The van der Waals surface area contributed by atoms with E-state index in [9.17, 15) is 9.59 Å². The van der Waals surface area contributed by atoms with Crippen LogP contribution in [0.1, 0.15) is 25.7 Å². The van der Waals surface area contributed by atoms with Crippen LogP contribution in [0.4, 0.5) is 0 Å². The summed E-state index contributed by atoms with van der Waals surface area (Å²) in [6.45, 7) is 2.23. The molecular weight excluding hydrogens is 340 g/mol. The van der Waals surface area contributed by atoms with Gasteiger partial charge in [0, 0.05) is 49.6 Å². The third kappa shape index (κ3) is 3.99. The first-order chi connectivity index (χ1) is 13.2. The van der Waals surface area contributed by atoms with E-state index in [2.05, 4.69) is 22.1 Å². The number of likely N-dealkylation sites (tertiary alicyclic amines) is 1. The minimum atomic E-state index is -0.0422. The highest BCUT2D eigenvalue weighted by molar-refractivity contribution is 5.79. The zero-order valence-electron chi connectivity index (χ0n) is 15.3. The summed E-state index contributed by atoms with van der Waals surface area (Å²) >= 11 is 0. The van der Waals surface area contributed by atoms with Crippen LogP contribution in [-0.2, 0) is 11.3 Å². The van der Waals surface area contributed by atoms with Crippen LogP contribution >= 0.6 is 0 Å². The molecule has 4 rings (SSSR count). The van der Waals surface area contributed by atoms with Gasteiger partial charge in [-0.25, -0.2) is 4.98 Å². The van der Waals surface area contributed by atoms with Gasteiger partial charge >= 0.3 is 0 Å². The topological polar surface area (TPSA) is 68.1 Å². The van der Waals surface area contributed by atoms with Crippen LogP contribution in [0, 0.1) is 11.8 Å². The number of carbonyl (C=O) groups is 1. The van der Waals surface area contributed by atoms with Gasteiger partial charge in [-0.2, -0.15) is 0 Å². The zero-order chi connectivity index (χ0) is 18.6. The van der Waals surface area contributed by atoms with Crippen LogP contribution in [0.25, 0.3) is 11.3 Å². The minimum absolute atomic E-state index is 0.0422. The summed E-state index contributed by atoms with van der Waals surface area (Å²) in [5, 5.41) is 0. The number of rotatable bonds is 4. The molecule has 0 bridgehead atoms. The Kier molecular flexibility index (Phi) is 5.14. The van der Waals surface area contributed by atoms with Gasteiger partial charge < -0.3 is 4.90 Å². The fourth-order valence-corrected chi connectivity index (χ4v) is 3.93. The molecule has 1 aliphatic heterocycles. The average Bonchev–Trinajstić information content (AvgIpc) is 3.25. The van der Waals surface area contributed by atoms with E-state index in [0.717, 1.165) is 44.3 Å². The molecule has 1 fully saturated rings. The number of piperidine rings is 1. The monoisotopic (exact) mass is 364 g/mol. The maximum absolute atomic E-state index is 12.5. The highest BCUT2D eigenvalue weighted by atomic mass is 16.2. The Morgan fingerprint density at radius 3 is 2.63 bits per heavy atom. The Bertz CT molecular complexity index is 875. The van der Waals surface area contributed by atoms with Gasteiger partial charge in [0.1, 0.15) is 0 Å². The third-order valence-corrected chi connectivity index (χ3v) is 5.57. The number of allylic oxidation sites excluding steroid dienone is 2. The van der Waals surface area contributed by atoms with Crippen molar-refractivity contribution >= 4 is 5.91 Å². The number of pyridine rings is 1. The smallest absolute Gasteiger partial charge is 0.253 e. The number of carbonyl (C=O) groups excluding carboxylic acids is 1. The maximum atomic E-state index is 12.5. The molecule has 1 amide bonds. The molecule has 6 nitrogen and oxygen atoms in total. The van der Waals surface area contributed by atoms with Crippen molar-refractivity contribution in [2.24, 2.45) is 11.8 Å². The molecule has 1 aliphatic carbocycles. The molecular formula is C21H24N4O2. The molecule has 2 aliphatic rings. The molecule has 0 saturated carbocycles. The number of aromatic nitrogens is 3. The summed E-state index contributed by atoms with van der Waals surface area (Å²) in [6, 6.07) is 5.30. The molecule has 2 aromatic heterocycles. The molecule has 6 heteroatoms. The summed E-state index contributed by atoms with van der Waals surface area (Å²) in [5.41, 5.74) is 1.45. The van der Waals surface area contributed by atoms with Crippen molar-refractivity contribution in [3.05, 3.63) is 59.4 Å². The fourth-order valence-electron chi connectivity index (χ4n) is 3.93. The van der Waals surface area contributed by atoms with Gasteiger partial charge in [-0.05, 0) is 43.7 Å². The normalized spacial score (nSPS) is 18.1. The largest absolute Gasteiger partial charge is 0.342 e. The van der Waals surface area contributed by atoms with Crippen LogP contribution in [0.2, 0.25) is 0 Å². The van der Waals surface area contributed by atoms with Crippen LogP contribution in [0.15, 0.2) is 53.9 Å². The molecule has 0 spiro atoms. The molecule has 3 heterocycles. The van der Waals surface area contributed by atoms with E-state index in [1.54, 1.807) is 29.4 Å². The number of hydrogen-bond donors (Lipinski definition) is 0. The molecule has 0 N–H and O–H groups in total. The van der Waals surface area contributed by atoms with Gasteiger partial charge in [-0.1, -0.05) is 12.2 Å². The van der Waals surface area contributed by atoms with Crippen molar-refractivity contribution in [3.63, 3.8) is 0 Å². The predicted molar refractivity (Wildman–Crippen MR) is 103 cm³/mol. The Morgan fingerprint density at radius 1 is 1.19 bits per heavy atom. The zero-order valence-corrected chi connectivity index (χ0v) is 15.3. The van der Waals surface area contributed by atoms with Gasteiger partial charge in [0.2, 0.25) is 5.91 Å². The van der Waals surface area contributed by atoms with Crippen LogP contribution < -0.4 is 5.56 Å². The van der Waals surface area contributed by atoms with E-state index in [-0.39, 0.29) is 17.4 Å². The second-order valence-corrected chi connectivity index (χ2v) is 7.41. The summed E-state index contributed by atoms with van der Waals surface area (Å²) in [5.74, 6) is 0.839. The lowest BCUT2D eigenvalue weighted by Gasteiger charge is -2.33. The van der Waals surface area contributed by atoms with E-state index < -0.39 is 0 Å². The van der Waals surface area contributed by atoms with E-state index in [0.29, 0.717) is 18.2 Å². The second kappa shape index (κ2) is 7.86. The second-order valence-electron chi connectivity index (χ2n) is 7.41. The summed E-state index contributed by atoms with van der Waals surface area (Å²) in [7, 11) is 0. The van der Waals surface area contributed by atoms with Gasteiger partial charge in [0.25, 0.3) is 5.56 Å². The molecule has 0 atom stereocenters. The highest BCUT2D eigenvalue weighted by Gasteiger charge is 2.28. The lowest BCUT2D eigenvalue weighted by atomic mass is 9.95. The molecule has 0 aromatic carbocycles. The summed E-state index contributed by atoms with van der Waals surface area (Å²) < 4.78 is 1.68. The first-order valence-electron chi connectivity index (χ1n) is 9.61. The van der Waals surface area contributed by atoms with Gasteiger partial charge in [-0.15, -0.1) is 0 Å². The third-order valence-electron chi connectivity index (χ3n) is 5.57. The van der Waals surface area contributed by atoms with E-state index in [1.807, 2.05) is 17.0 Å². The number of amides is 1. The van der Waals surface area contributed by atoms with Crippen LogP contribution in [-0.4, -0.2) is 38.4 Å².